The summed E-state index contributed by atoms with van der Waals surface area (Å²) in [5.74, 6) is -0.350. The van der Waals surface area contributed by atoms with Crippen LogP contribution in [-0.4, -0.2) is 56.6 Å². The van der Waals surface area contributed by atoms with E-state index in [1.807, 2.05) is 18.2 Å². The van der Waals surface area contributed by atoms with Gasteiger partial charge in [-0.2, -0.15) is 9.61 Å². The molecule has 174 valence electrons. The summed E-state index contributed by atoms with van der Waals surface area (Å²) < 4.78 is 14.3. The zero-order valence-electron chi connectivity index (χ0n) is 17.9. The summed E-state index contributed by atoms with van der Waals surface area (Å²) >= 11 is 7.59. The van der Waals surface area contributed by atoms with Crippen molar-refractivity contribution >= 4 is 39.6 Å². The van der Waals surface area contributed by atoms with Gasteiger partial charge in [-0.25, -0.2) is 14.2 Å². The number of halogens is 2. The van der Waals surface area contributed by atoms with Gasteiger partial charge in [0, 0.05) is 50.0 Å². The number of nitrogens with zero attached hydrogens (tertiary/aromatic N) is 5. The van der Waals surface area contributed by atoms with E-state index in [9.17, 15) is 14.0 Å². The van der Waals surface area contributed by atoms with Crippen molar-refractivity contribution in [1.29, 1.82) is 0 Å². The molecule has 2 amide bonds. The molecule has 0 aliphatic carbocycles. The predicted molar refractivity (Wildman–Crippen MR) is 130 cm³/mol. The van der Waals surface area contributed by atoms with Gasteiger partial charge in [0.1, 0.15) is 10.8 Å². The first-order chi connectivity index (χ1) is 16.5. The second-order valence-corrected chi connectivity index (χ2v) is 9.23. The summed E-state index contributed by atoms with van der Waals surface area (Å²) in [7, 11) is 0. The van der Waals surface area contributed by atoms with Gasteiger partial charge in [-0.05, 0) is 30.3 Å². The van der Waals surface area contributed by atoms with E-state index >= 15 is 0 Å². The van der Waals surface area contributed by atoms with Crippen molar-refractivity contribution in [2.75, 3.05) is 31.5 Å². The lowest BCUT2D eigenvalue weighted by Gasteiger charge is -2.34. The van der Waals surface area contributed by atoms with Gasteiger partial charge < -0.3 is 10.2 Å². The van der Waals surface area contributed by atoms with Crippen molar-refractivity contribution in [2.24, 2.45) is 0 Å². The van der Waals surface area contributed by atoms with Gasteiger partial charge in [0.15, 0.2) is 0 Å². The van der Waals surface area contributed by atoms with E-state index in [0.717, 1.165) is 5.56 Å². The van der Waals surface area contributed by atoms with Crippen molar-refractivity contribution in [1.82, 2.24) is 24.4 Å². The van der Waals surface area contributed by atoms with Crippen LogP contribution in [0, 0.1) is 5.82 Å². The first-order valence-corrected chi connectivity index (χ1v) is 11.8. The Kier molecular flexibility index (Phi) is 6.27. The molecule has 0 saturated carbocycles. The number of rotatable bonds is 4. The molecule has 34 heavy (non-hydrogen) atoms. The number of amides is 2. The molecule has 5 rings (SSSR count). The van der Waals surface area contributed by atoms with Crippen LogP contribution >= 0.6 is 22.9 Å². The second kappa shape index (κ2) is 9.49. The van der Waals surface area contributed by atoms with Crippen molar-refractivity contribution < 1.29 is 9.18 Å². The number of aromatic nitrogens is 3. The fourth-order valence-electron chi connectivity index (χ4n) is 3.75. The third kappa shape index (κ3) is 4.79. The molecule has 0 bridgehead atoms. The maximum Gasteiger partial charge on any atom is 0.321 e. The largest absolute Gasteiger partial charge is 0.322 e. The minimum absolute atomic E-state index is 0.221. The lowest BCUT2D eigenvalue weighted by molar-refractivity contribution is 0.142. The van der Waals surface area contributed by atoms with E-state index in [0.29, 0.717) is 59.1 Å². The molecule has 2 aromatic heterocycles. The fourth-order valence-corrected chi connectivity index (χ4v) is 5.00. The molecule has 1 aliphatic rings. The maximum absolute atomic E-state index is 13.0. The Morgan fingerprint density at radius 2 is 1.82 bits per heavy atom. The Balaban J connectivity index is 1.23. The number of benzene rings is 2. The van der Waals surface area contributed by atoms with Gasteiger partial charge in [-0.3, -0.25) is 9.69 Å². The summed E-state index contributed by atoms with van der Waals surface area (Å²) in [5, 5.41) is 8.37. The molecule has 8 nitrogen and oxygen atoms in total. The fraction of sp³-hybridized carbons (Fsp3) is 0.217. The Morgan fingerprint density at radius 3 is 2.56 bits per heavy atom. The normalized spacial score (nSPS) is 14.5. The zero-order chi connectivity index (χ0) is 23.7. The highest BCUT2D eigenvalue weighted by Gasteiger charge is 2.22. The van der Waals surface area contributed by atoms with Crippen molar-refractivity contribution in [3.05, 3.63) is 81.5 Å². The highest BCUT2D eigenvalue weighted by Crippen LogP contribution is 2.30. The Bertz CT molecular complexity index is 1400. The van der Waals surface area contributed by atoms with Gasteiger partial charge in [0.05, 0.1) is 10.7 Å². The third-order valence-electron chi connectivity index (χ3n) is 5.54. The minimum Gasteiger partial charge on any atom is -0.322 e. The lowest BCUT2D eigenvalue weighted by atomic mass is 10.2. The van der Waals surface area contributed by atoms with Crippen molar-refractivity contribution in [2.45, 2.75) is 6.54 Å². The third-order valence-corrected chi connectivity index (χ3v) is 6.81. The molecule has 0 atom stereocenters. The number of fused-ring (bicyclic) bond motifs is 1. The van der Waals surface area contributed by atoms with Crippen LogP contribution in [0.3, 0.4) is 0 Å². The lowest BCUT2D eigenvalue weighted by Crippen LogP contribution is -2.49. The van der Waals surface area contributed by atoms with Crippen LogP contribution in [0.4, 0.5) is 14.9 Å². The molecule has 2 aromatic carbocycles. The van der Waals surface area contributed by atoms with Crippen LogP contribution < -0.4 is 10.9 Å². The molecule has 0 radical (unpaired) electrons. The van der Waals surface area contributed by atoms with Gasteiger partial charge in [-0.15, -0.1) is 0 Å². The number of anilines is 1. The van der Waals surface area contributed by atoms with Crippen molar-refractivity contribution in [3.63, 3.8) is 0 Å². The predicted octanol–water partition coefficient (Wildman–Crippen LogP) is 3.96. The first kappa shape index (κ1) is 22.5. The summed E-state index contributed by atoms with van der Waals surface area (Å²) in [6, 6.07) is 14.3. The average Bonchev–Trinajstić information content (AvgIpc) is 3.26. The minimum atomic E-state index is -0.350. The second-order valence-electron chi connectivity index (χ2n) is 7.87. The summed E-state index contributed by atoms with van der Waals surface area (Å²) in [4.78, 5) is 34.1. The standard InChI is InChI=1S/C23H20ClFN6O2S/c24-19-4-2-1-3-18(19)21-28-31-20(32)13-17(27-23(31)34-21)14-29-9-11-30(12-10-29)22(33)26-16-7-5-15(25)6-8-16/h1-8,13H,9-12,14H2,(H,26,33). The molecule has 3 heterocycles. The smallest absolute Gasteiger partial charge is 0.321 e. The molecule has 1 aliphatic heterocycles. The van der Waals surface area contributed by atoms with E-state index < -0.39 is 0 Å². The Labute approximate surface area is 203 Å². The van der Waals surface area contributed by atoms with Gasteiger partial charge in [-0.1, -0.05) is 41.1 Å². The van der Waals surface area contributed by atoms with E-state index in [-0.39, 0.29) is 17.4 Å². The Morgan fingerprint density at radius 1 is 1.09 bits per heavy atom. The van der Waals surface area contributed by atoms with E-state index in [1.165, 1.54) is 46.2 Å². The topological polar surface area (TPSA) is 82.8 Å². The number of piperazine rings is 1. The number of carbonyl (C=O) groups is 1. The SMILES string of the molecule is O=C(Nc1ccc(F)cc1)N1CCN(Cc2cc(=O)n3nc(-c4ccccc4Cl)sc3n2)CC1. The van der Waals surface area contributed by atoms with Gasteiger partial charge >= 0.3 is 6.03 Å². The summed E-state index contributed by atoms with van der Waals surface area (Å²) in [6.07, 6.45) is 0. The van der Waals surface area contributed by atoms with Crippen LogP contribution in [0.1, 0.15) is 5.69 Å². The zero-order valence-corrected chi connectivity index (χ0v) is 19.5. The number of carbonyl (C=O) groups excluding carboxylic acids is 1. The molecule has 0 unspecified atom stereocenters. The van der Waals surface area contributed by atoms with Gasteiger partial charge in [0.25, 0.3) is 5.56 Å². The number of nitrogens with one attached hydrogen (secondary N) is 1. The van der Waals surface area contributed by atoms with Crippen LogP contribution in [0.5, 0.6) is 0 Å². The molecular weight excluding hydrogens is 479 g/mol. The quantitative estimate of drug-likeness (QED) is 0.460. The van der Waals surface area contributed by atoms with Crippen molar-refractivity contribution in [3.8, 4) is 10.6 Å². The van der Waals surface area contributed by atoms with Crippen LogP contribution in [0.25, 0.3) is 15.5 Å². The number of hydrogen-bond acceptors (Lipinski definition) is 6. The molecule has 1 saturated heterocycles. The van der Waals surface area contributed by atoms with E-state index in [4.69, 9.17) is 11.6 Å². The first-order valence-electron chi connectivity index (χ1n) is 10.6. The number of hydrogen-bond donors (Lipinski definition) is 1. The van der Waals surface area contributed by atoms with Crippen LogP contribution in [0.2, 0.25) is 5.02 Å². The molecular formula is C23H20ClFN6O2S. The summed E-state index contributed by atoms with van der Waals surface area (Å²) in [6.45, 7) is 2.85. The van der Waals surface area contributed by atoms with Crippen LogP contribution in [0.15, 0.2) is 59.4 Å². The summed E-state index contributed by atoms with van der Waals surface area (Å²) in [5.41, 5.74) is 1.72. The van der Waals surface area contributed by atoms with Gasteiger partial charge in [0.2, 0.25) is 4.96 Å². The maximum atomic E-state index is 13.0. The monoisotopic (exact) mass is 498 g/mol. The average molecular weight is 499 g/mol. The van der Waals surface area contributed by atoms with Crippen LogP contribution in [-0.2, 0) is 6.54 Å². The van der Waals surface area contributed by atoms with E-state index in [2.05, 4.69) is 20.3 Å². The molecule has 11 heteroatoms. The highest BCUT2D eigenvalue weighted by molar-refractivity contribution is 7.19. The highest BCUT2D eigenvalue weighted by atomic mass is 35.5. The molecule has 1 N–H and O–H groups in total. The van der Waals surface area contributed by atoms with E-state index in [1.54, 1.807) is 11.0 Å². The number of urea groups is 1. The Hall–Kier alpha value is -3.34. The molecule has 0 spiro atoms. The molecule has 1 fully saturated rings. The molecule has 4 aromatic rings.